The van der Waals surface area contributed by atoms with Crippen LogP contribution >= 0.6 is 0 Å². The number of aryl methyl sites for hydroxylation is 1. The van der Waals surface area contributed by atoms with Gasteiger partial charge in [-0.25, -0.2) is 0 Å². The highest BCUT2D eigenvalue weighted by Crippen LogP contribution is 2.29. The van der Waals surface area contributed by atoms with E-state index in [0.717, 1.165) is 31.7 Å². The van der Waals surface area contributed by atoms with Crippen molar-refractivity contribution in [2.24, 2.45) is 5.73 Å². The molecule has 116 valence electrons. The Bertz CT molecular complexity index is 460. The van der Waals surface area contributed by atoms with Gasteiger partial charge in [0.1, 0.15) is 5.75 Å². The Labute approximate surface area is 128 Å². The Morgan fingerprint density at radius 1 is 1.05 bits per heavy atom. The third-order valence-corrected chi connectivity index (χ3v) is 4.91. The fraction of sp³-hybridized carbons (Fsp3) is 0.667. The van der Waals surface area contributed by atoms with Gasteiger partial charge in [-0.15, -0.1) is 0 Å². The molecule has 2 aliphatic rings. The summed E-state index contributed by atoms with van der Waals surface area (Å²) in [7, 11) is 0. The molecule has 3 nitrogen and oxygen atoms in total. The van der Waals surface area contributed by atoms with Gasteiger partial charge in [-0.2, -0.15) is 0 Å². The highest BCUT2D eigenvalue weighted by molar-refractivity contribution is 5.53. The minimum absolute atomic E-state index is 0.385. The van der Waals surface area contributed by atoms with Crippen LogP contribution in [-0.4, -0.2) is 25.2 Å². The maximum absolute atomic E-state index is 6.21. The standard InChI is InChI=1S/C18H28N2O/c1-14-13-16(20-11-9-15(19)10-12-20)7-8-18(14)21-17-5-3-2-4-6-17/h7-8,13,15,17H,2-6,9-12,19H2,1H3. The van der Waals surface area contributed by atoms with Gasteiger partial charge in [-0.3, -0.25) is 0 Å². The number of hydrogen-bond donors (Lipinski definition) is 1. The molecule has 0 radical (unpaired) electrons. The molecule has 1 saturated heterocycles. The summed E-state index contributed by atoms with van der Waals surface area (Å²) >= 11 is 0. The Balaban J connectivity index is 1.64. The van der Waals surface area contributed by atoms with Crippen LogP contribution in [0.4, 0.5) is 5.69 Å². The zero-order valence-corrected chi connectivity index (χ0v) is 13.2. The van der Waals surface area contributed by atoms with Crippen molar-refractivity contribution in [1.82, 2.24) is 0 Å². The van der Waals surface area contributed by atoms with E-state index in [0.29, 0.717) is 12.1 Å². The molecule has 0 atom stereocenters. The van der Waals surface area contributed by atoms with E-state index in [1.165, 1.54) is 43.4 Å². The first kappa shape index (κ1) is 14.7. The molecule has 1 aromatic rings. The van der Waals surface area contributed by atoms with Crippen molar-refractivity contribution in [3.8, 4) is 5.75 Å². The zero-order chi connectivity index (χ0) is 14.7. The highest BCUT2D eigenvalue weighted by Gasteiger charge is 2.18. The van der Waals surface area contributed by atoms with Crippen molar-refractivity contribution in [3.63, 3.8) is 0 Å². The lowest BCUT2D eigenvalue weighted by molar-refractivity contribution is 0.154. The van der Waals surface area contributed by atoms with E-state index >= 15 is 0 Å². The van der Waals surface area contributed by atoms with Crippen molar-refractivity contribution in [2.45, 2.75) is 64.0 Å². The third-order valence-electron chi connectivity index (χ3n) is 4.91. The van der Waals surface area contributed by atoms with Gasteiger partial charge in [0.05, 0.1) is 6.10 Å². The quantitative estimate of drug-likeness (QED) is 0.923. The van der Waals surface area contributed by atoms with Crippen LogP contribution in [0.2, 0.25) is 0 Å². The minimum Gasteiger partial charge on any atom is -0.490 e. The molecule has 0 spiro atoms. The Hall–Kier alpha value is -1.22. The molecule has 2 fully saturated rings. The molecule has 1 aromatic carbocycles. The van der Waals surface area contributed by atoms with Crippen LogP contribution in [0.1, 0.15) is 50.5 Å². The lowest BCUT2D eigenvalue weighted by atomic mass is 9.97. The molecular formula is C18H28N2O. The van der Waals surface area contributed by atoms with Crippen molar-refractivity contribution < 1.29 is 4.74 Å². The lowest BCUT2D eigenvalue weighted by Crippen LogP contribution is -2.39. The number of anilines is 1. The van der Waals surface area contributed by atoms with Gasteiger partial charge in [0.2, 0.25) is 0 Å². The van der Waals surface area contributed by atoms with E-state index in [9.17, 15) is 0 Å². The number of nitrogens with two attached hydrogens (primary N) is 1. The van der Waals surface area contributed by atoms with Gasteiger partial charge < -0.3 is 15.4 Å². The van der Waals surface area contributed by atoms with Gasteiger partial charge in [0.15, 0.2) is 0 Å². The van der Waals surface area contributed by atoms with Crippen molar-refractivity contribution in [3.05, 3.63) is 23.8 Å². The molecule has 0 aromatic heterocycles. The van der Waals surface area contributed by atoms with Gasteiger partial charge in [0, 0.05) is 24.8 Å². The normalized spacial score (nSPS) is 21.5. The van der Waals surface area contributed by atoms with Crippen molar-refractivity contribution >= 4 is 5.69 Å². The summed E-state index contributed by atoms with van der Waals surface area (Å²) < 4.78 is 6.21. The molecule has 3 rings (SSSR count). The van der Waals surface area contributed by atoms with Gasteiger partial charge >= 0.3 is 0 Å². The second-order valence-corrected chi connectivity index (χ2v) is 6.65. The molecule has 1 aliphatic heterocycles. The van der Waals surface area contributed by atoms with E-state index in [1.54, 1.807) is 0 Å². The average Bonchev–Trinajstić information content (AvgIpc) is 2.51. The lowest BCUT2D eigenvalue weighted by Gasteiger charge is -2.32. The van der Waals surface area contributed by atoms with Crippen LogP contribution in [0.15, 0.2) is 18.2 Å². The number of benzene rings is 1. The maximum Gasteiger partial charge on any atom is 0.122 e. The number of rotatable bonds is 3. The second-order valence-electron chi connectivity index (χ2n) is 6.65. The van der Waals surface area contributed by atoms with E-state index in [4.69, 9.17) is 10.5 Å². The van der Waals surface area contributed by atoms with Crippen LogP contribution in [0.5, 0.6) is 5.75 Å². The highest BCUT2D eigenvalue weighted by atomic mass is 16.5. The molecule has 0 amide bonds. The monoisotopic (exact) mass is 288 g/mol. The van der Waals surface area contributed by atoms with E-state index in [1.807, 2.05) is 0 Å². The molecule has 1 saturated carbocycles. The molecular weight excluding hydrogens is 260 g/mol. The van der Waals surface area contributed by atoms with Gasteiger partial charge in [0.25, 0.3) is 0 Å². The predicted molar refractivity (Wildman–Crippen MR) is 88.1 cm³/mol. The van der Waals surface area contributed by atoms with Gasteiger partial charge in [-0.05, 0) is 69.2 Å². The summed E-state index contributed by atoms with van der Waals surface area (Å²) in [5, 5.41) is 0. The van der Waals surface area contributed by atoms with E-state index in [-0.39, 0.29) is 0 Å². The van der Waals surface area contributed by atoms with Crippen LogP contribution in [0.3, 0.4) is 0 Å². The third kappa shape index (κ3) is 3.70. The molecule has 2 N–H and O–H groups in total. The Morgan fingerprint density at radius 2 is 1.76 bits per heavy atom. The summed E-state index contributed by atoms with van der Waals surface area (Å²) in [5.74, 6) is 1.07. The first-order valence-corrected chi connectivity index (χ1v) is 8.50. The molecule has 1 heterocycles. The van der Waals surface area contributed by atoms with E-state index < -0.39 is 0 Å². The SMILES string of the molecule is Cc1cc(N2CCC(N)CC2)ccc1OC1CCCCC1. The minimum atomic E-state index is 0.385. The average molecular weight is 288 g/mol. The number of piperidine rings is 1. The molecule has 0 unspecified atom stereocenters. The van der Waals surface area contributed by atoms with Crippen molar-refractivity contribution in [1.29, 1.82) is 0 Å². The fourth-order valence-corrected chi connectivity index (χ4v) is 3.48. The van der Waals surface area contributed by atoms with Crippen LogP contribution < -0.4 is 15.4 Å². The first-order chi connectivity index (χ1) is 10.2. The summed E-state index contributed by atoms with van der Waals surface area (Å²) in [4.78, 5) is 2.45. The summed E-state index contributed by atoms with van der Waals surface area (Å²) in [5.41, 5.74) is 8.56. The topological polar surface area (TPSA) is 38.5 Å². The van der Waals surface area contributed by atoms with Crippen LogP contribution in [-0.2, 0) is 0 Å². The smallest absolute Gasteiger partial charge is 0.122 e. The largest absolute Gasteiger partial charge is 0.490 e. The summed E-state index contributed by atoms with van der Waals surface area (Å²) in [6.45, 7) is 4.31. The summed E-state index contributed by atoms with van der Waals surface area (Å²) in [6.07, 6.45) is 9.05. The molecule has 1 aliphatic carbocycles. The van der Waals surface area contributed by atoms with Crippen LogP contribution in [0, 0.1) is 6.92 Å². The molecule has 3 heteroatoms. The predicted octanol–water partition coefficient (Wildman–Crippen LogP) is 3.63. The maximum atomic E-state index is 6.21. The molecule has 0 bridgehead atoms. The van der Waals surface area contributed by atoms with Crippen LogP contribution in [0.25, 0.3) is 0 Å². The molecule has 21 heavy (non-hydrogen) atoms. The number of hydrogen-bond acceptors (Lipinski definition) is 3. The number of ether oxygens (including phenoxy) is 1. The Morgan fingerprint density at radius 3 is 2.43 bits per heavy atom. The van der Waals surface area contributed by atoms with Gasteiger partial charge in [-0.1, -0.05) is 6.42 Å². The summed E-state index contributed by atoms with van der Waals surface area (Å²) in [6, 6.07) is 7.03. The Kier molecular flexibility index (Phi) is 4.69. The second kappa shape index (κ2) is 6.69. The van der Waals surface area contributed by atoms with Crippen molar-refractivity contribution in [2.75, 3.05) is 18.0 Å². The fourth-order valence-electron chi connectivity index (χ4n) is 3.48. The number of nitrogens with zero attached hydrogens (tertiary/aromatic N) is 1. The van der Waals surface area contributed by atoms with E-state index in [2.05, 4.69) is 30.0 Å². The first-order valence-electron chi connectivity index (χ1n) is 8.50. The zero-order valence-electron chi connectivity index (χ0n) is 13.2.